The minimum absolute atomic E-state index is 0.162. The van der Waals surface area contributed by atoms with E-state index in [4.69, 9.17) is 0 Å². The summed E-state index contributed by atoms with van der Waals surface area (Å²) in [5.41, 5.74) is 2.77. The number of nitrogens with one attached hydrogen (secondary N) is 2. The van der Waals surface area contributed by atoms with Gasteiger partial charge in [0.2, 0.25) is 5.91 Å². The Bertz CT molecular complexity index is 1200. The summed E-state index contributed by atoms with van der Waals surface area (Å²) in [6, 6.07) is 22.5. The third-order valence-corrected chi connectivity index (χ3v) is 5.63. The predicted molar refractivity (Wildman–Crippen MR) is 127 cm³/mol. The number of carbonyl (C=O) groups is 2. The molecule has 0 saturated heterocycles. The summed E-state index contributed by atoms with van der Waals surface area (Å²) in [4.78, 5) is 28.2. The molecule has 4 rings (SSSR count). The van der Waals surface area contributed by atoms with Crippen LogP contribution < -0.4 is 10.6 Å². The van der Waals surface area contributed by atoms with Crippen molar-refractivity contribution >= 4 is 23.7 Å². The van der Waals surface area contributed by atoms with E-state index in [1.807, 2.05) is 77.4 Å². The molecule has 0 aliphatic rings. The molecule has 2 aromatic carbocycles. The zero-order chi connectivity index (χ0) is 22.9. The molecule has 0 aliphatic carbocycles. The van der Waals surface area contributed by atoms with Crippen molar-refractivity contribution in [2.24, 2.45) is 0 Å². The van der Waals surface area contributed by atoms with Crippen LogP contribution in [0.5, 0.6) is 0 Å². The number of rotatable bonds is 8. The van der Waals surface area contributed by atoms with Gasteiger partial charge in [0.1, 0.15) is 0 Å². The molecular weight excluding hydrogens is 436 g/mol. The number of pyridine rings is 1. The summed E-state index contributed by atoms with van der Waals surface area (Å²) >= 11 is 1.40. The maximum atomic E-state index is 12.2. The van der Waals surface area contributed by atoms with Crippen molar-refractivity contribution in [3.63, 3.8) is 0 Å². The molecule has 0 bridgehead atoms. The summed E-state index contributed by atoms with van der Waals surface area (Å²) in [6.07, 6.45) is 3.58. The molecule has 9 heteroatoms. The quantitative estimate of drug-likeness (QED) is 0.389. The lowest BCUT2D eigenvalue weighted by atomic mass is 10.2. The number of carbonyl (C=O) groups excluding carboxylic acids is 2. The summed E-state index contributed by atoms with van der Waals surface area (Å²) in [6.45, 7) is 0.354. The third-order valence-electron chi connectivity index (χ3n) is 4.70. The Balaban J connectivity index is 1.36. The van der Waals surface area contributed by atoms with Gasteiger partial charge in [-0.15, -0.1) is 10.2 Å². The molecule has 0 unspecified atom stereocenters. The average Bonchev–Trinajstić information content (AvgIpc) is 3.28. The van der Waals surface area contributed by atoms with Crippen molar-refractivity contribution < 1.29 is 9.59 Å². The molecule has 166 valence electrons. The number of para-hydroxylation sites is 1. The van der Waals surface area contributed by atoms with Crippen LogP contribution in [0, 0.1) is 0 Å². The minimum Gasteiger partial charge on any atom is -0.334 e. The molecule has 0 aliphatic heterocycles. The molecule has 3 amide bonds. The van der Waals surface area contributed by atoms with E-state index in [-0.39, 0.29) is 12.3 Å². The molecule has 8 nitrogen and oxygen atoms in total. The second kappa shape index (κ2) is 11.1. The fraction of sp³-hybridized carbons (Fsp3) is 0.125. The van der Waals surface area contributed by atoms with E-state index in [1.54, 1.807) is 12.4 Å². The van der Waals surface area contributed by atoms with E-state index in [9.17, 15) is 9.59 Å². The van der Waals surface area contributed by atoms with Gasteiger partial charge in [0, 0.05) is 42.4 Å². The number of amides is 3. The van der Waals surface area contributed by atoms with Gasteiger partial charge in [-0.05, 0) is 29.8 Å². The summed E-state index contributed by atoms with van der Waals surface area (Å²) < 4.78 is 1.95. The molecule has 33 heavy (non-hydrogen) atoms. The number of imide groups is 1. The van der Waals surface area contributed by atoms with Crippen LogP contribution in [0.4, 0.5) is 4.79 Å². The van der Waals surface area contributed by atoms with E-state index in [2.05, 4.69) is 25.8 Å². The first-order valence-corrected chi connectivity index (χ1v) is 11.3. The van der Waals surface area contributed by atoms with E-state index < -0.39 is 6.03 Å². The van der Waals surface area contributed by atoms with Crippen molar-refractivity contribution in [2.45, 2.75) is 18.1 Å². The maximum Gasteiger partial charge on any atom is 0.321 e. The van der Waals surface area contributed by atoms with Crippen LogP contribution in [0.3, 0.4) is 0 Å². The van der Waals surface area contributed by atoms with Crippen molar-refractivity contribution in [2.75, 3.05) is 5.75 Å². The van der Waals surface area contributed by atoms with Crippen LogP contribution in [-0.2, 0) is 11.3 Å². The highest BCUT2D eigenvalue weighted by Gasteiger charge is 2.16. The van der Waals surface area contributed by atoms with E-state index in [0.29, 0.717) is 23.3 Å². The second-order valence-corrected chi connectivity index (χ2v) is 8.09. The topological polar surface area (TPSA) is 102 Å². The van der Waals surface area contributed by atoms with Crippen LogP contribution in [-0.4, -0.2) is 37.4 Å². The Morgan fingerprint density at radius 3 is 2.30 bits per heavy atom. The van der Waals surface area contributed by atoms with Crippen LogP contribution >= 0.6 is 11.8 Å². The van der Waals surface area contributed by atoms with E-state index >= 15 is 0 Å². The Hall–Kier alpha value is -3.98. The van der Waals surface area contributed by atoms with Crippen molar-refractivity contribution in [3.05, 3.63) is 90.8 Å². The molecule has 2 aromatic heterocycles. The minimum atomic E-state index is -0.513. The zero-order valence-electron chi connectivity index (χ0n) is 17.7. The van der Waals surface area contributed by atoms with E-state index in [1.165, 1.54) is 11.8 Å². The number of benzene rings is 2. The first kappa shape index (κ1) is 22.2. The van der Waals surface area contributed by atoms with Gasteiger partial charge in [-0.3, -0.25) is 19.7 Å². The molecule has 0 spiro atoms. The number of nitrogens with zero attached hydrogens (tertiary/aromatic N) is 4. The van der Waals surface area contributed by atoms with Crippen LogP contribution in [0.15, 0.2) is 90.3 Å². The fourth-order valence-corrected chi connectivity index (χ4v) is 4.00. The first-order valence-electron chi connectivity index (χ1n) is 10.4. The Kier molecular flexibility index (Phi) is 7.44. The number of aromatic nitrogens is 4. The molecular formula is C24H22N6O2S. The molecule has 0 radical (unpaired) electrons. The molecule has 0 saturated carbocycles. The predicted octanol–water partition coefficient (Wildman–Crippen LogP) is 3.84. The smallest absolute Gasteiger partial charge is 0.321 e. The highest BCUT2D eigenvalue weighted by atomic mass is 32.2. The van der Waals surface area contributed by atoms with Gasteiger partial charge in [-0.2, -0.15) is 0 Å². The Morgan fingerprint density at radius 1 is 0.879 bits per heavy atom. The summed E-state index contributed by atoms with van der Waals surface area (Å²) in [7, 11) is 0. The first-order chi connectivity index (χ1) is 16.2. The van der Waals surface area contributed by atoms with Crippen LogP contribution in [0.25, 0.3) is 17.1 Å². The normalized spacial score (nSPS) is 10.5. The Labute approximate surface area is 195 Å². The zero-order valence-corrected chi connectivity index (χ0v) is 18.5. The van der Waals surface area contributed by atoms with Crippen molar-refractivity contribution in [3.8, 4) is 17.1 Å². The second-order valence-electron chi connectivity index (χ2n) is 7.03. The molecule has 4 aromatic rings. The summed E-state index contributed by atoms with van der Waals surface area (Å²) in [5.74, 6) is 0.781. The van der Waals surface area contributed by atoms with E-state index in [0.717, 1.165) is 16.8 Å². The lowest BCUT2D eigenvalue weighted by molar-refractivity contribution is -0.119. The standard InChI is InChI=1S/C24H22N6O2S/c31-21(27-23(32)26-17-18-7-3-1-4-8-18)13-16-33-24-29-28-22(19-11-14-25-15-12-19)30(24)20-9-5-2-6-10-20/h1-12,14-15H,13,16-17H2,(H2,26,27,31,32). The van der Waals surface area contributed by atoms with Gasteiger partial charge in [-0.25, -0.2) is 4.79 Å². The largest absolute Gasteiger partial charge is 0.334 e. The van der Waals surface area contributed by atoms with Gasteiger partial charge in [0.05, 0.1) is 0 Å². The van der Waals surface area contributed by atoms with Gasteiger partial charge in [0.25, 0.3) is 0 Å². The number of hydrogen-bond donors (Lipinski definition) is 2. The van der Waals surface area contributed by atoms with Gasteiger partial charge < -0.3 is 5.32 Å². The third kappa shape index (κ3) is 6.05. The SMILES string of the molecule is O=C(CCSc1nnc(-c2ccncc2)n1-c1ccccc1)NC(=O)NCc1ccccc1. The van der Waals surface area contributed by atoms with Crippen molar-refractivity contribution in [1.82, 2.24) is 30.4 Å². The van der Waals surface area contributed by atoms with Crippen molar-refractivity contribution in [1.29, 1.82) is 0 Å². The molecule has 0 atom stereocenters. The summed E-state index contributed by atoms with van der Waals surface area (Å²) in [5, 5.41) is 14.4. The van der Waals surface area contributed by atoms with Gasteiger partial charge in [-0.1, -0.05) is 60.3 Å². The number of hydrogen-bond acceptors (Lipinski definition) is 6. The highest BCUT2D eigenvalue weighted by molar-refractivity contribution is 7.99. The van der Waals surface area contributed by atoms with Gasteiger partial charge in [0.15, 0.2) is 11.0 Å². The fourth-order valence-electron chi connectivity index (χ4n) is 3.11. The Morgan fingerprint density at radius 2 is 1.58 bits per heavy atom. The lowest BCUT2D eigenvalue weighted by Gasteiger charge is -2.10. The van der Waals surface area contributed by atoms with Crippen LogP contribution in [0.2, 0.25) is 0 Å². The number of thioether (sulfide) groups is 1. The molecule has 2 heterocycles. The number of urea groups is 1. The highest BCUT2D eigenvalue weighted by Crippen LogP contribution is 2.27. The maximum absolute atomic E-state index is 12.2. The van der Waals surface area contributed by atoms with Gasteiger partial charge >= 0.3 is 6.03 Å². The molecule has 0 fully saturated rings. The monoisotopic (exact) mass is 458 g/mol. The lowest BCUT2D eigenvalue weighted by Crippen LogP contribution is -2.39. The van der Waals surface area contributed by atoms with Crippen LogP contribution in [0.1, 0.15) is 12.0 Å². The average molecular weight is 459 g/mol. The molecule has 2 N–H and O–H groups in total.